The summed E-state index contributed by atoms with van der Waals surface area (Å²) in [6, 6.07) is 13.2. The fraction of sp³-hybridized carbons (Fsp3) is 0.211. The minimum absolute atomic E-state index is 0.0531. The topological polar surface area (TPSA) is 115 Å². The van der Waals surface area contributed by atoms with Gasteiger partial charge in [0.15, 0.2) is 0 Å². The standard InChI is InChI=1S/C19H20N4O5S2/c1-23(2)30(25,26)16-9-7-14(8-10-16)20-17(24)12-29-19-22-21-18(28-19)13-5-4-6-15(11-13)27-3/h4-11H,12H2,1-3H3,(H,20,24). The Morgan fingerprint density at radius 2 is 1.90 bits per heavy atom. The largest absolute Gasteiger partial charge is 0.497 e. The van der Waals surface area contributed by atoms with E-state index in [4.69, 9.17) is 9.15 Å². The molecule has 30 heavy (non-hydrogen) atoms. The van der Waals surface area contributed by atoms with E-state index < -0.39 is 10.0 Å². The number of ether oxygens (including phenoxy) is 1. The van der Waals surface area contributed by atoms with Gasteiger partial charge in [-0.15, -0.1) is 10.2 Å². The van der Waals surface area contributed by atoms with Crippen molar-refractivity contribution in [1.82, 2.24) is 14.5 Å². The normalized spacial score (nSPS) is 11.5. The van der Waals surface area contributed by atoms with Gasteiger partial charge >= 0.3 is 0 Å². The summed E-state index contributed by atoms with van der Waals surface area (Å²) in [6.07, 6.45) is 0. The van der Waals surface area contributed by atoms with Crippen molar-refractivity contribution >= 4 is 33.4 Å². The van der Waals surface area contributed by atoms with E-state index in [1.807, 2.05) is 18.2 Å². The van der Waals surface area contributed by atoms with E-state index in [0.29, 0.717) is 22.9 Å². The number of carbonyl (C=O) groups is 1. The van der Waals surface area contributed by atoms with Gasteiger partial charge in [0.1, 0.15) is 5.75 Å². The van der Waals surface area contributed by atoms with Gasteiger partial charge in [-0.3, -0.25) is 4.79 Å². The number of nitrogens with zero attached hydrogens (tertiary/aromatic N) is 3. The zero-order chi connectivity index (χ0) is 21.7. The lowest BCUT2D eigenvalue weighted by molar-refractivity contribution is -0.113. The molecule has 11 heteroatoms. The fourth-order valence-electron chi connectivity index (χ4n) is 2.39. The first-order valence-electron chi connectivity index (χ1n) is 8.73. The summed E-state index contributed by atoms with van der Waals surface area (Å²) in [5.74, 6) is 0.764. The number of sulfonamides is 1. The van der Waals surface area contributed by atoms with E-state index in [1.165, 1.54) is 38.4 Å². The molecule has 0 unspecified atom stereocenters. The van der Waals surface area contributed by atoms with E-state index in [0.717, 1.165) is 16.1 Å². The molecule has 0 fully saturated rings. The highest BCUT2D eigenvalue weighted by atomic mass is 32.2. The van der Waals surface area contributed by atoms with Gasteiger partial charge in [-0.05, 0) is 42.5 Å². The molecule has 0 spiro atoms. The Bertz CT molecular complexity index is 1130. The Hall–Kier alpha value is -2.89. The van der Waals surface area contributed by atoms with Gasteiger partial charge in [0.05, 0.1) is 17.8 Å². The summed E-state index contributed by atoms with van der Waals surface area (Å²) in [4.78, 5) is 12.3. The highest BCUT2D eigenvalue weighted by Gasteiger charge is 2.17. The summed E-state index contributed by atoms with van der Waals surface area (Å²) < 4.78 is 36.0. The first-order valence-corrected chi connectivity index (χ1v) is 11.2. The van der Waals surface area contributed by atoms with Crippen molar-refractivity contribution in [3.05, 3.63) is 48.5 Å². The number of aromatic nitrogens is 2. The van der Waals surface area contributed by atoms with Crippen LogP contribution in [-0.2, 0) is 14.8 Å². The molecule has 9 nitrogen and oxygen atoms in total. The fourth-order valence-corrected chi connectivity index (χ4v) is 3.85. The average Bonchev–Trinajstić information content (AvgIpc) is 3.22. The number of nitrogens with one attached hydrogen (secondary N) is 1. The van der Waals surface area contributed by atoms with Crippen molar-refractivity contribution < 1.29 is 22.4 Å². The molecule has 3 aromatic rings. The van der Waals surface area contributed by atoms with Gasteiger partial charge in [-0.25, -0.2) is 12.7 Å². The van der Waals surface area contributed by atoms with Crippen LogP contribution in [0, 0.1) is 0 Å². The van der Waals surface area contributed by atoms with Gasteiger partial charge in [0, 0.05) is 25.3 Å². The van der Waals surface area contributed by atoms with Crippen LogP contribution in [0.25, 0.3) is 11.5 Å². The molecule has 0 radical (unpaired) electrons. The summed E-state index contributed by atoms with van der Waals surface area (Å²) >= 11 is 1.10. The molecule has 0 saturated heterocycles. The van der Waals surface area contributed by atoms with Crippen LogP contribution >= 0.6 is 11.8 Å². The number of thioether (sulfide) groups is 1. The van der Waals surface area contributed by atoms with Gasteiger partial charge < -0.3 is 14.5 Å². The third-order valence-electron chi connectivity index (χ3n) is 3.97. The molecule has 158 valence electrons. The Labute approximate surface area is 178 Å². The highest BCUT2D eigenvalue weighted by molar-refractivity contribution is 7.99. The third-order valence-corrected chi connectivity index (χ3v) is 6.61. The van der Waals surface area contributed by atoms with Crippen LogP contribution in [0.4, 0.5) is 5.69 Å². The number of methoxy groups -OCH3 is 1. The van der Waals surface area contributed by atoms with Crippen LogP contribution in [0.1, 0.15) is 0 Å². The van der Waals surface area contributed by atoms with Crippen molar-refractivity contribution in [1.29, 1.82) is 0 Å². The number of carbonyl (C=O) groups excluding carboxylic acids is 1. The average molecular weight is 449 g/mol. The van der Waals surface area contributed by atoms with E-state index in [1.54, 1.807) is 13.2 Å². The molecule has 0 atom stereocenters. The van der Waals surface area contributed by atoms with Crippen LogP contribution in [0.2, 0.25) is 0 Å². The zero-order valence-corrected chi connectivity index (χ0v) is 18.2. The van der Waals surface area contributed by atoms with Crippen molar-refractivity contribution in [2.24, 2.45) is 0 Å². The molecule has 1 heterocycles. The second-order valence-corrected chi connectivity index (χ2v) is 9.33. The van der Waals surface area contributed by atoms with E-state index >= 15 is 0 Å². The molecule has 1 N–H and O–H groups in total. The second-order valence-electron chi connectivity index (χ2n) is 6.25. The first kappa shape index (κ1) is 21.8. The maximum Gasteiger partial charge on any atom is 0.277 e. The summed E-state index contributed by atoms with van der Waals surface area (Å²) in [7, 11) is 0.974. The quantitative estimate of drug-likeness (QED) is 0.523. The summed E-state index contributed by atoms with van der Waals surface area (Å²) in [6.45, 7) is 0. The Kier molecular flexibility index (Phi) is 6.75. The Balaban J connectivity index is 1.57. The lowest BCUT2D eigenvalue weighted by Gasteiger charge is -2.11. The van der Waals surface area contributed by atoms with Gasteiger partial charge in [-0.1, -0.05) is 17.8 Å². The van der Waals surface area contributed by atoms with Crippen LogP contribution in [0.3, 0.4) is 0 Å². The Morgan fingerprint density at radius 3 is 2.57 bits per heavy atom. The van der Waals surface area contributed by atoms with Gasteiger partial charge in [-0.2, -0.15) is 0 Å². The number of benzene rings is 2. The maximum absolute atomic E-state index is 12.2. The SMILES string of the molecule is COc1cccc(-c2nnc(SCC(=O)Nc3ccc(S(=O)(=O)N(C)C)cc3)o2)c1. The molecule has 3 rings (SSSR count). The summed E-state index contributed by atoms with van der Waals surface area (Å²) in [5.41, 5.74) is 1.20. The third kappa shape index (κ3) is 5.17. The van der Waals surface area contributed by atoms with Gasteiger partial charge in [0.2, 0.25) is 21.8 Å². The lowest BCUT2D eigenvalue weighted by Crippen LogP contribution is -2.22. The van der Waals surface area contributed by atoms with Crippen molar-refractivity contribution in [2.75, 3.05) is 32.3 Å². The monoisotopic (exact) mass is 448 g/mol. The van der Waals surface area contributed by atoms with Crippen molar-refractivity contribution in [3.63, 3.8) is 0 Å². The molecule has 1 aromatic heterocycles. The van der Waals surface area contributed by atoms with Crippen LogP contribution < -0.4 is 10.1 Å². The molecule has 0 aliphatic rings. The zero-order valence-electron chi connectivity index (χ0n) is 16.5. The predicted octanol–water partition coefficient (Wildman–Crippen LogP) is 2.73. The number of anilines is 1. The van der Waals surface area contributed by atoms with Crippen LogP contribution in [0.15, 0.2) is 63.1 Å². The lowest BCUT2D eigenvalue weighted by atomic mass is 10.2. The van der Waals surface area contributed by atoms with Gasteiger partial charge in [0.25, 0.3) is 5.22 Å². The minimum Gasteiger partial charge on any atom is -0.497 e. The first-order chi connectivity index (χ1) is 14.3. The second kappa shape index (κ2) is 9.28. The molecule has 0 bridgehead atoms. The number of amides is 1. The molecule has 0 aliphatic heterocycles. The van der Waals surface area contributed by atoms with Crippen LogP contribution in [0.5, 0.6) is 5.75 Å². The number of rotatable bonds is 8. The minimum atomic E-state index is -3.51. The molecule has 1 amide bonds. The predicted molar refractivity (Wildman–Crippen MR) is 113 cm³/mol. The van der Waals surface area contributed by atoms with Crippen LogP contribution in [-0.4, -0.2) is 55.8 Å². The molecular formula is C19H20N4O5S2. The highest BCUT2D eigenvalue weighted by Crippen LogP contribution is 2.26. The van der Waals surface area contributed by atoms with E-state index in [9.17, 15) is 13.2 Å². The van der Waals surface area contributed by atoms with E-state index in [-0.39, 0.29) is 21.8 Å². The molecule has 0 saturated carbocycles. The summed E-state index contributed by atoms with van der Waals surface area (Å²) in [5, 5.41) is 10.9. The molecule has 0 aliphatic carbocycles. The molecular weight excluding hydrogens is 428 g/mol. The Morgan fingerprint density at radius 1 is 1.17 bits per heavy atom. The number of hydrogen-bond donors (Lipinski definition) is 1. The molecule has 2 aromatic carbocycles. The van der Waals surface area contributed by atoms with Crippen molar-refractivity contribution in [3.8, 4) is 17.2 Å². The van der Waals surface area contributed by atoms with Crippen molar-refractivity contribution in [2.45, 2.75) is 10.1 Å². The smallest absolute Gasteiger partial charge is 0.277 e. The maximum atomic E-state index is 12.2. The number of hydrogen-bond acceptors (Lipinski definition) is 8. The van der Waals surface area contributed by atoms with E-state index in [2.05, 4.69) is 15.5 Å².